The van der Waals surface area contributed by atoms with E-state index >= 15 is 0 Å². The first-order chi connectivity index (χ1) is 19.6. The summed E-state index contributed by atoms with van der Waals surface area (Å²) in [4.78, 5) is 59.3. The van der Waals surface area contributed by atoms with Crippen molar-refractivity contribution in [2.45, 2.75) is 52.6 Å². The summed E-state index contributed by atoms with van der Waals surface area (Å²) in [6.07, 6.45) is 0.636. The van der Waals surface area contributed by atoms with E-state index < -0.39 is 23.9 Å². The summed E-state index contributed by atoms with van der Waals surface area (Å²) in [5.74, 6) is -1.41. The van der Waals surface area contributed by atoms with E-state index in [2.05, 4.69) is 34.7 Å². The van der Waals surface area contributed by atoms with E-state index in [0.717, 1.165) is 30.3 Å². The van der Waals surface area contributed by atoms with Gasteiger partial charge in [0, 0.05) is 37.7 Å². The number of nitrogens with one attached hydrogen (secondary N) is 3. The average Bonchev–Trinajstić information content (AvgIpc) is 2.98. The number of carbonyl (C=O) groups is 4. The quantitative estimate of drug-likeness (QED) is 0.268. The zero-order chi connectivity index (χ0) is 30.4. The van der Waals surface area contributed by atoms with Gasteiger partial charge in [-0.1, -0.05) is 58.0 Å². The Morgan fingerprint density at radius 1 is 0.829 bits per heavy atom. The van der Waals surface area contributed by atoms with Gasteiger partial charge in [0.2, 0.25) is 5.91 Å². The van der Waals surface area contributed by atoms with E-state index in [1.165, 1.54) is 14.2 Å². The van der Waals surface area contributed by atoms with Gasteiger partial charge in [0.25, 0.3) is 17.7 Å². The third-order valence-corrected chi connectivity index (χ3v) is 6.83. The van der Waals surface area contributed by atoms with Crippen LogP contribution in [0.25, 0.3) is 0 Å². The number of rotatable bonds is 16. The molecule has 0 radical (unpaired) electrons. The molecule has 0 bridgehead atoms. The topological polar surface area (TPSA) is 120 Å². The van der Waals surface area contributed by atoms with Crippen molar-refractivity contribution in [1.29, 1.82) is 0 Å². The second kappa shape index (κ2) is 17.1. The van der Waals surface area contributed by atoms with Gasteiger partial charge in [0.1, 0.15) is 12.1 Å². The Morgan fingerprint density at radius 3 is 1.95 bits per heavy atom. The van der Waals surface area contributed by atoms with E-state index in [-0.39, 0.29) is 24.2 Å². The fraction of sp³-hybridized carbons (Fsp3) is 0.484. The van der Waals surface area contributed by atoms with Crippen LogP contribution in [-0.4, -0.2) is 86.0 Å². The molecule has 4 amide bonds. The number of nitrogens with zero attached hydrogens (tertiary/aromatic N) is 2. The Balaban J connectivity index is 2.15. The van der Waals surface area contributed by atoms with Crippen molar-refractivity contribution in [1.82, 2.24) is 25.9 Å². The Hall–Kier alpha value is -3.76. The minimum absolute atomic E-state index is 0.129. The van der Waals surface area contributed by atoms with Crippen molar-refractivity contribution in [3.63, 3.8) is 0 Å². The summed E-state index contributed by atoms with van der Waals surface area (Å²) >= 11 is 0. The van der Waals surface area contributed by atoms with Gasteiger partial charge >= 0.3 is 0 Å². The first-order valence-electron chi connectivity index (χ1n) is 14.2. The van der Waals surface area contributed by atoms with Crippen LogP contribution in [0.4, 0.5) is 0 Å². The fourth-order valence-electron chi connectivity index (χ4n) is 4.32. The molecule has 0 heterocycles. The highest BCUT2D eigenvalue weighted by atomic mass is 16.7. The summed E-state index contributed by atoms with van der Waals surface area (Å²) in [6.45, 7) is 11.2. The molecule has 2 aromatic rings. The van der Waals surface area contributed by atoms with Crippen LogP contribution in [-0.2, 0) is 20.8 Å². The molecule has 10 nitrogen and oxygen atoms in total. The van der Waals surface area contributed by atoms with Crippen LogP contribution < -0.4 is 16.0 Å². The first-order valence-corrected chi connectivity index (χ1v) is 14.2. The van der Waals surface area contributed by atoms with E-state index in [1.54, 1.807) is 24.3 Å². The molecular formula is C31H45N5O5. The molecule has 2 aromatic carbocycles. The minimum atomic E-state index is -0.941. The Kier molecular flexibility index (Phi) is 14.0. The highest BCUT2D eigenvalue weighted by Crippen LogP contribution is 2.11. The number of carbonyl (C=O) groups excluding carboxylic acids is 4. The lowest BCUT2D eigenvalue weighted by atomic mass is 10.0. The lowest BCUT2D eigenvalue weighted by Crippen LogP contribution is -2.54. The van der Waals surface area contributed by atoms with E-state index in [4.69, 9.17) is 4.84 Å². The standard InChI is InChI=1S/C31H45N5O5/c1-7-36(8-2)19-18-32-28(37)24-14-16-25(17-15-24)29(38)33-26(21-23-12-10-9-11-13-23)30(39)34-27(20-22(3)4)31(40)35(5)41-6/h9-17,22,26-27H,7-8,18-21H2,1-6H3,(H,32,37)(H,33,38)(H,34,39)/t26-,27-/m0/s1. The maximum atomic E-state index is 13.5. The maximum absolute atomic E-state index is 13.5. The van der Waals surface area contributed by atoms with Gasteiger partial charge in [0.15, 0.2) is 0 Å². The molecule has 0 aromatic heterocycles. The van der Waals surface area contributed by atoms with Gasteiger partial charge in [-0.25, -0.2) is 5.06 Å². The van der Waals surface area contributed by atoms with Crippen LogP contribution in [0.5, 0.6) is 0 Å². The van der Waals surface area contributed by atoms with Gasteiger partial charge in [-0.2, -0.15) is 0 Å². The Morgan fingerprint density at radius 2 is 1.41 bits per heavy atom. The molecule has 0 spiro atoms. The first kappa shape index (κ1) is 33.4. The Bertz CT molecular complexity index is 1120. The molecule has 3 N–H and O–H groups in total. The molecule has 0 unspecified atom stereocenters. The number of hydroxylamine groups is 2. The van der Waals surface area contributed by atoms with Crippen LogP contribution in [0, 0.1) is 5.92 Å². The zero-order valence-corrected chi connectivity index (χ0v) is 25.1. The van der Waals surface area contributed by atoms with E-state index in [1.807, 2.05) is 44.2 Å². The summed E-state index contributed by atoms with van der Waals surface area (Å²) < 4.78 is 0. The van der Waals surface area contributed by atoms with Crippen LogP contribution in [0.1, 0.15) is 60.4 Å². The van der Waals surface area contributed by atoms with E-state index in [0.29, 0.717) is 24.1 Å². The van der Waals surface area contributed by atoms with Crippen molar-refractivity contribution < 1.29 is 24.0 Å². The van der Waals surface area contributed by atoms with Crippen molar-refractivity contribution >= 4 is 23.6 Å². The summed E-state index contributed by atoms with van der Waals surface area (Å²) in [5, 5.41) is 9.62. The monoisotopic (exact) mass is 567 g/mol. The minimum Gasteiger partial charge on any atom is -0.351 e. The lowest BCUT2D eigenvalue weighted by Gasteiger charge is -2.26. The third kappa shape index (κ3) is 11.0. The molecule has 0 fully saturated rings. The SMILES string of the molecule is CCN(CC)CCNC(=O)c1ccc(C(=O)N[C@@H](Cc2ccccc2)C(=O)N[C@@H](CC(C)C)C(=O)N(C)OC)cc1. The lowest BCUT2D eigenvalue weighted by molar-refractivity contribution is -0.172. The van der Waals surface area contributed by atoms with Crippen LogP contribution in [0.2, 0.25) is 0 Å². The van der Waals surface area contributed by atoms with Gasteiger partial charge in [-0.05, 0) is 55.3 Å². The number of likely N-dealkylation sites (N-methyl/N-ethyl adjacent to an activating group) is 2. The molecule has 0 saturated carbocycles. The normalized spacial score (nSPS) is 12.5. The average molecular weight is 568 g/mol. The van der Waals surface area contributed by atoms with Crippen molar-refractivity contribution in [3.05, 3.63) is 71.3 Å². The summed E-state index contributed by atoms with van der Waals surface area (Å²) in [6, 6.07) is 13.9. The second-order valence-corrected chi connectivity index (χ2v) is 10.3. The predicted molar refractivity (Wildman–Crippen MR) is 159 cm³/mol. The molecule has 224 valence electrons. The second-order valence-electron chi connectivity index (χ2n) is 10.3. The highest BCUT2D eigenvalue weighted by molar-refractivity contribution is 6.00. The molecule has 41 heavy (non-hydrogen) atoms. The highest BCUT2D eigenvalue weighted by Gasteiger charge is 2.29. The fourth-order valence-corrected chi connectivity index (χ4v) is 4.32. The van der Waals surface area contributed by atoms with Crippen LogP contribution in [0.15, 0.2) is 54.6 Å². The number of benzene rings is 2. The van der Waals surface area contributed by atoms with Gasteiger partial charge in [-0.3, -0.25) is 24.0 Å². The van der Waals surface area contributed by atoms with Gasteiger partial charge in [0.05, 0.1) is 7.11 Å². The molecule has 2 rings (SSSR count). The van der Waals surface area contributed by atoms with Gasteiger partial charge in [-0.15, -0.1) is 0 Å². The summed E-state index contributed by atoms with van der Waals surface area (Å²) in [5.41, 5.74) is 1.60. The molecule has 0 aliphatic rings. The van der Waals surface area contributed by atoms with Crippen LogP contribution >= 0.6 is 0 Å². The maximum Gasteiger partial charge on any atom is 0.268 e. The predicted octanol–water partition coefficient (Wildman–Crippen LogP) is 2.65. The number of hydrogen-bond donors (Lipinski definition) is 3. The molecule has 0 aliphatic carbocycles. The van der Waals surface area contributed by atoms with Crippen LogP contribution in [0.3, 0.4) is 0 Å². The number of hydrogen-bond acceptors (Lipinski definition) is 6. The summed E-state index contributed by atoms with van der Waals surface area (Å²) in [7, 11) is 2.87. The number of amides is 4. The molecule has 0 saturated heterocycles. The largest absolute Gasteiger partial charge is 0.351 e. The smallest absolute Gasteiger partial charge is 0.268 e. The zero-order valence-electron chi connectivity index (χ0n) is 25.1. The molecular weight excluding hydrogens is 522 g/mol. The Labute approximate surface area is 243 Å². The van der Waals surface area contributed by atoms with Crippen molar-refractivity contribution in [3.8, 4) is 0 Å². The van der Waals surface area contributed by atoms with Crippen molar-refractivity contribution in [2.75, 3.05) is 40.3 Å². The molecule has 10 heteroatoms. The third-order valence-electron chi connectivity index (χ3n) is 6.83. The van der Waals surface area contributed by atoms with E-state index in [9.17, 15) is 19.2 Å². The van der Waals surface area contributed by atoms with Gasteiger partial charge < -0.3 is 20.9 Å². The molecule has 2 atom stereocenters. The molecule has 0 aliphatic heterocycles. The van der Waals surface area contributed by atoms with Crippen molar-refractivity contribution in [2.24, 2.45) is 5.92 Å².